The van der Waals surface area contributed by atoms with E-state index in [1.807, 2.05) is 12.1 Å². The lowest BCUT2D eigenvalue weighted by atomic mass is 10.2. The van der Waals surface area contributed by atoms with Gasteiger partial charge in [-0.2, -0.15) is 0 Å². The molecule has 26 heavy (non-hydrogen) atoms. The topological polar surface area (TPSA) is 88.4 Å². The van der Waals surface area contributed by atoms with Crippen molar-refractivity contribution in [1.29, 1.82) is 0 Å². The molecular formula is C18H15ClN2O4S. The summed E-state index contributed by atoms with van der Waals surface area (Å²) in [6, 6.07) is 16.7. The van der Waals surface area contributed by atoms with E-state index in [1.54, 1.807) is 48.5 Å². The number of rotatable bonds is 5. The predicted molar refractivity (Wildman–Crippen MR) is 102 cm³/mol. The van der Waals surface area contributed by atoms with Gasteiger partial charge in [-0.3, -0.25) is 9.52 Å². The van der Waals surface area contributed by atoms with E-state index < -0.39 is 15.9 Å². The first-order valence-corrected chi connectivity index (χ1v) is 9.83. The minimum atomic E-state index is -3.35. The Morgan fingerprint density at radius 2 is 1.62 bits per heavy atom. The number of hydrogen-bond donors (Lipinski definition) is 2. The smallest absolute Gasteiger partial charge is 0.291 e. The number of benzene rings is 2. The zero-order chi connectivity index (χ0) is 18.7. The van der Waals surface area contributed by atoms with E-state index in [2.05, 4.69) is 10.0 Å². The molecule has 0 saturated carbocycles. The fraction of sp³-hybridized carbons (Fsp3) is 0.0556. The number of halogens is 1. The maximum absolute atomic E-state index is 12.3. The van der Waals surface area contributed by atoms with Crippen LogP contribution < -0.4 is 10.0 Å². The van der Waals surface area contributed by atoms with Crippen molar-refractivity contribution in [2.24, 2.45) is 0 Å². The number of sulfonamides is 1. The lowest BCUT2D eigenvalue weighted by molar-refractivity contribution is 0.0997. The van der Waals surface area contributed by atoms with Crippen molar-refractivity contribution >= 4 is 38.9 Å². The molecule has 0 saturated heterocycles. The van der Waals surface area contributed by atoms with E-state index in [0.717, 1.165) is 6.26 Å². The predicted octanol–water partition coefficient (Wildman–Crippen LogP) is 4.22. The molecule has 3 rings (SSSR count). The van der Waals surface area contributed by atoms with Crippen LogP contribution in [0.1, 0.15) is 10.6 Å². The van der Waals surface area contributed by atoms with E-state index in [-0.39, 0.29) is 5.76 Å². The van der Waals surface area contributed by atoms with Crippen LogP contribution in [0.3, 0.4) is 0 Å². The minimum absolute atomic E-state index is 0.137. The number of nitrogens with one attached hydrogen (secondary N) is 2. The Morgan fingerprint density at radius 3 is 2.27 bits per heavy atom. The van der Waals surface area contributed by atoms with Crippen molar-refractivity contribution in [3.8, 4) is 11.3 Å². The monoisotopic (exact) mass is 390 g/mol. The lowest BCUT2D eigenvalue weighted by Crippen LogP contribution is -2.11. The van der Waals surface area contributed by atoms with E-state index in [1.165, 1.54) is 0 Å². The number of furan rings is 1. The van der Waals surface area contributed by atoms with Crippen molar-refractivity contribution in [3.63, 3.8) is 0 Å². The van der Waals surface area contributed by atoms with Gasteiger partial charge in [0.05, 0.1) is 11.3 Å². The summed E-state index contributed by atoms with van der Waals surface area (Å²) in [6.45, 7) is 0. The molecule has 0 radical (unpaired) electrons. The van der Waals surface area contributed by atoms with Crippen LogP contribution in [0.15, 0.2) is 65.1 Å². The summed E-state index contributed by atoms with van der Waals surface area (Å²) in [5.41, 5.74) is 1.61. The second kappa shape index (κ2) is 7.23. The molecular weight excluding hydrogens is 376 g/mol. The Balaban J connectivity index is 1.72. The summed E-state index contributed by atoms with van der Waals surface area (Å²) in [4.78, 5) is 12.3. The average Bonchev–Trinajstić information content (AvgIpc) is 3.06. The summed E-state index contributed by atoms with van der Waals surface area (Å²) in [5.74, 6) is 0.207. The fourth-order valence-electron chi connectivity index (χ4n) is 2.29. The Bertz CT molecular complexity index is 1040. The maximum Gasteiger partial charge on any atom is 0.291 e. The highest BCUT2D eigenvalue weighted by Crippen LogP contribution is 2.29. The summed E-state index contributed by atoms with van der Waals surface area (Å²) in [5, 5.41) is 3.22. The Hall–Kier alpha value is -2.77. The molecule has 134 valence electrons. The van der Waals surface area contributed by atoms with Gasteiger partial charge < -0.3 is 9.73 Å². The molecule has 0 aliphatic rings. The van der Waals surface area contributed by atoms with Crippen molar-refractivity contribution < 1.29 is 17.6 Å². The van der Waals surface area contributed by atoms with Gasteiger partial charge in [0.15, 0.2) is 5.76 Å². The highest BCUT2D eigenvalue weighted by molar-refractivity contribution is 7.92. The molecule has 0 fully saturated rings. The normalized spacial score (nSPS) is 11.2. The molecule has 8 heteroatoms. The Kier molecular flexibility index (Phi) is 5.01. The van der Waals surface area contributed by atoms with Gasteiger partial charge >= 0.3 is 0 Å². The van der Waals surface area contributed by atoms with E-state index in [9.17, 15) is 13.2 Å². The van der Waals surface area contributed by atoms with E-state index in [0.29, 0.717) is 27.7 Å². The quantitative estimate of drug-likeness (QED) is 0.682. The molecule has 6 nitrogen and oxygen atoms in total. The minimum Gasteiger partial charge on any atom is -0.451 e. The summed E-state index contributed by atoms with van der Waals surface area (Å²) in [7, 11) is -3.35. The van der Waals surface area contributed by atoms with Crippen LogP contribution >= 0.6 is 11.6 Å². The molecule has 0 spiro atoms. The first-order chi connectivity index (χ1) is 12.3. The van der Waals surface area contributed by atoms with Crippen LogP contribution in [0.25, 0.3) is 11.3 Å². The largest absolute Gasteiger partial charge is 0.451 e. The number of carbonyl (C=O) groups excluding carboxylic acids is 1. The number of hydrogen-bond acceptors (Lipinski definition) is 4. The first-order valence-electron chi connectivity index (χ1n) is 7.56. The van der Waals surface area contributed by atoms with Crippen LogP contribution in [0.2, 0.25) is 5.02 Å². The molecule has 2 N–H and O–H groups in total. The molecule has 0 aliphatic heterocycles. The number of anilines is 2. The lowest BCUT2D eigenvalue weighted by Gasteiger charge is -2.06. The molecule has 1 aromatic heterocycles. The molecule has 0 unspecified atom stereocenters. The van der Waals surface area contributed by atoms with Crippen LogP contribution in [0.5, 0.6) is 0 Å². The van der Waals surface area contributed by atoms with Crippen LogP contribution in [0.4, 0.5) is 11.4 Å². The van der Waals surface area contributed by atoms with Crippen LogP contribution in [-0.2, 0) is 10.0 Å². The van der Waals surface area contributed by atoms with Gasteiger partial charge in [0, 0.05) is 16.9 Å². The second-order valence-corrected chi connectivity index (χ2v) is 7.71. The molecule has 0 bridgehead atoms. The number of carbonyl (C=O) groups is 1. The van der Waals surface area contributed by atoms with Crippen molar-refractivity contribution in [2.45, 2.75) is 0 Å². The second-order valence-electron chi connectivity index (χ2n) is 5.55. The maximum atomic E-state index is 12.3. The molecule has 2 aromatic carbocycles. The highest BCUT2D eigenvalue weighted by Gasteiger charge is 2.14. The van der Waals surface area contributed by atoms with Crippen LogP contribution in [0, 0.1) is 0 Å². The van der Waals surface area contributed by atoms with Gasteiger partial charge in [0.2, 0.25) is 10.0 Å². The van der Waals surface area contributed by atoms with Gasteiger partial charge in [0.1, 0.15) is 5.76 Å². The van der Waals surface area contributed by atoms with Crippen LogP contribution in [-0.4, -0.2) is 20.6 Å². The molecule has 1 heterocycles. The Labute approximate surface area is 155 Å². The standard InChI is InChI=1S/C18H15ClN2O4S/c1-26(23,24)21-13-8-6-12(7-9-13)20-18(22)17-11-10-16(25-17)14-4-2-3-5-15(14)19/h2-11,21H,1H3,(H,20,22). The number of amides is 1. The molecule has 3 aromatic rings. The van der Waals surface area contributed by atoms with Crippen molar-refractivity contribution in [2.75, 3.05) is 16.3 Å². The Morgan fingerprint density at radius 1 is 0.962 bits per heavy atom. The van der Waals surface area contributed by atoms with Gasteiger partial charge in [-0.25, -0.2) is 8.42 Å². The summed E-state index contributed by atoms with van der Waals surface area (Å²) >= 11 is 6.13. The van der Waals surface area contributed by atoms with E-state index in [4.69, 9.17) is 16.0 Å². The van der Waals surface area contributed by atoms with Gasteiger partial charge in [-0.1, -0.05) is 23.7 Å². The fourth-order valence-corrected chi connectivity index (χ4v) is 3.09. The van der Waals surface area contributed by atoms with E-state index >= 15 is 0 Å². The zero-order valence-corrected chi connectivity index (χ0v) is 15.3. The molecule has 0 atom stereocenters. The molecule has 0 aliphatic carbocycles. The van der Waals surface area contributed by atoms with Gasteiger partial charge in [-0.15, -0.1) is 0 Å². The third-order valence-electron chi connectivity index (χ3n) is 3.42. The average molecular weight is 391 g/mol. The third-order valence-corrected chi connectivity index (χ3v) is 4.35. The van der Waals surface area contributed by atoms with Crippen molar-refractivity contribution in [3.05, 3.63) is 71.4 Å². The summed E-state index contributed by atoms with van der Waals surface area (Å²) in [6.07, 6.45) is 1.07. The SMILES string of the molecule is CS(=O)(=O)Nc1ccc(NC(=O)c2ccc(-c3ccccc3Cl)o2)cc1. The molecule has 1 amide bonds. The zero-order valence-electron chi connectivity index (χ0n) is 13.7. The van der Waals surface area contributed by atoms with Crippen molar-refractivity contribution in [1.82, 2.24) is 0 Å². The first kappa shape index (κ1) is 18.0. The summed E-state index contributed by atoms with van der Waals surface area (Å²) < 4.78 is 30.3. The van der Waals surface area contributed by atoms with Gasteiger partial charge in [0.25, 0.3) is 5.91 Å². The third kappa shape index (κ3) is 4.44. The highest BCUT2D eigenvalue weighted by atomic mass is 35.5. The van der Waals surface area contributed by atoms with Gasteiger partial charge in [-0.05, 0) is 48.5 Å².